The molecule has 3 nitrogen and oxygen atoms in total. The number of carboxylic acid groups (broad SMARTS) is 1. The highest BCUT2D eigenvalue weighted by Gasteiger charge is 2.47. The van der Waals surface area contributed by atoms with Crippen LogP contribution in [0, 0.1) is 11.3 Å². The molecule has 0 aromatic heterocycles. The van der Waals surface area contributed by atoms with Crippen molar-refractivity contribution in [2.45, 2.75) is 45.4 Å². The van der Waals surface area contributed by atoms with Crippen molar-refractivity contribution in [2.24, 2.45) is 16.3 Å². The number of carbonyl (C=O) groups is 1. The normalized spacial score (nSPS) is 29.6. The quantitative estimate of drug-likeness (QED) is 0.763. The number of allylic oxidation sites excluding steroid dienone is 6. The van der Waals surface area contributed by atoms with E-state index in [2.05, 4.69) is 25.7 Å². The van der Waals surface area contributed by atoms with E-state index >= 15 is 0 Å². The van der Waals surface area contributed by atoms with Crippen LogP contribution < -0.4 is 0 Å². The van der Waals surface area contributed by atoms with Gasteiger partial charge in [0.1, 0.15) is 0 Å². The van der Waals surface area contributed by atoms with E-state index in [1.807, 2.05) is 12.2 Å². The van der Waals surface area contributed by atoms with Gasteiger partial charge in [0, 0.05) is 5.41 Å². The molecule has 22 heavy (non-hydrogen) atoms. The lowest BCUT2D eigenvalue weighted by molar-refractivity contribution is -0.139. The van der Waals surface area contributed by atoms with Crippen molar-refractivity contribution in [3.8, 4) is 0 Å². The topological polar surface area (TPSA) is 49.7 Å². The van der Waals surface area contributed by atoms with Gasteiger partial charge in [-0.3, -0.25) is 9.79 Å². The number of aliphatic imine (C=N–C) groups is 1. The average molecular weight is 297 g/mol. The first kappa shape index (κ1) is 15.0. The summed E-state index contributed by atoms with van der Waals surface area (Å²) in [5.41, 5.74) is 4.44. The molecule has 0 aromatic rings. The lowest BCUT2D eigenvalue weighted by Gasteiger charge is -2.40. The van der Waals surface area contributed by atoms with E-state index in [9.17, 15) is 9.90 Å². The van der Waals surface area contributed by atoms with E-state index < -0.39 is 5.97 Å². The van der Waals surface area contributed by atoms with Crippen LogP contribution >= 0.6 is 0 Å². The molecule has 0 spiro atoms. The Morgan fingerprint density at radius 1 is 1.59 bits per heavy atom. The highest BCUT2D eigenvalue weighted by molar-refractivity contribution is 6.11. The fraction of sp³-hybridized carbons (Fsp3) is 0.474. The fourth-order valence-corrected chi connectivity index (χ4v) is 4.15. The molecule has 1 fully saturated rings. The molecule has 3 rings (SSSR count). The maximum absolute atomic E-state index is 11.4. The molecule has 2 atom stereocenters. The van der Waals surface area contributed by atoms with Gasteiger partial charge >= 0.3 is 5.97 Å². The van der Waals surface area contributed by atoms with Crippen LogP contribution in [0.5, 0.6) is 0 Å². The molecule has 3 heteroatoms. The van der Waals surface area contributed by atoms with E-state index in [0.29, 0.717) is 5.92 Å². The summed E-state index contributed by atoms with van der Waals surface area (Å²) >= 11 is 0. The van der Waals surface area contributed by atoms with Crippen molar-refractivity contribution >= 4 is 11.7 Å². The number of rotatable bonds is 5. The standard InChI is InChI=1S/C19H23NO2/c1-3-7-13-10-11-19(4-2,12-16(21)22)18-17(13)14-8-5-6-9-15(14)20-18/h3,5-6,9,13H,1,4,7-8,10-12H2,2H3,(H,21,22)/t13-,19-/m0/s1. The zero-order chi connectivity index (χ0) is 15.7. The fourth-order valence-electron chi connectivity index (χ4n) is 4.15. The molecule has 1 heterocycles. The van der Waals surface area contributed by atoms with Crippen LogP contribution in [0.1, 0.15) is 45.4 Å². The van der Waals surface area contributed by atoms with E-state index in [-0.39, 0.29) is 11.8 Å². The number of carboxylic acids is 1. The maximum atomic E-state index is 11.4. The molecule has 1 aliphatic heterocycles. The summed E-state index contributed by atoms with van der Waals surface area (Å²) in [6.07, 6.45) is 13.1. The highest BCUT2D eigenvalue weighted by Crippen LogP contribution is 2.51. The highest BCUT2D eigenvalue weighted by atomic mass is 16.4. The summed E-state index contributed by atoms with van der Waals surface area (Å²) in [6, 6.07) is 0. The average Bonchev–Trinajstić information content (AvgIpc) is 2.90. The third kappa shape index (κ3) is 2.29. The first-order valence-electron chi connectivity index (χ1n) is 8.14. The lowest BCUT2D eigenvalue weighted by Crippen LogP contribution is -2.39. The van der Waals surface area contributed by atoms with Gasteiger partial charge in [-0.25, -0.2) is 0 Å². The van der Waals surface area contributed by atoms with Gasteiger partial charge < -0.3 is 5.11 Å². The van der Waals surface area contributed by atoms with Gasteiger partial charge in [0.2, 0.25) is 0 Å². The summed E-state index contributed by atoms with van der Waals surface area (Å²) in [6.45, 7) is 5.99. The van der Waals surface area contributed by atoms with E-state index in [1.54, 1.807) is 0 Å². The predicted molar refractivity (Wildman–Crippen MR) is 88.8 cm³/mol. The second-order valence-corrected chi connectivity index (χ2v) is 6.50. The largest absolute Gasteiger partial charge is 0.481 e. The minimum atomic E-state index is -0.724. The SMILES string of the molecule is C=CC[C@H]1CC[C@@](CC)(CC(=O)O)C2=NC3=CC=CCC3=C21. The van der Waals surface area contributed by atoms with Crippen molar-refractivity contribution in [3.63, 3.8) is 0 Å². The molecule has 0 amide bonds. The Balaban J connectivity index is 2.10. The number of hydrogen-bond donors (Lipinski definition) is 1. The molecular weight excluding hydrogens is 274 g/mol. The molecule has 0 bridgehead atoms. The van der Waals surface area contributed by atoms with Crippen LogP contribution in [0.2, 0.25) is 0 Å². The smallest absolute Gasteiger partial charge is 0.304 e. The van der Waals surface area contributed by atoms with Gasteiger partial charge in [-0.05, 0) is 55.2 Å². The van der Waals surface area contributed by atoms with Crippen LogP contribution in [0.4, 0.5) is 0 Å². The van der Waals surface area contributed by atoms with Gasteiger partial charge in [-0.2, -0.15) is 0 Å². The molecule has 0 radical (unpaired) electrons. The minimum absolute atomic E-state index is 0.181. The number of hydrogen-bond acceptors (Lipinski definition) is 2. The second kappa shape index (κ2) is 5.71. The molecular formula is C19H23NO2. The zero-order valence-corrected chi connectivity index (χ0v) is 13.1. The van der Waals surface area contributed by atoms with Gasteiger partial charge in [0.05, 0.1) is 17.8 Å². The second-order valence-electron chi connectivity index (χ2n) is 6.50. The van der Waals surface area contributed by atoms with Crippen LogP contribution in [-0.4, -0.2) is 16.8 Å². The van der Waals surface area contributed by atoms with Crippen molar-refractivity contribution in [1.29, 1.82) is 0 Å². The first-order chi connectivity index (χ1) is 10.6. The predicted octanol–water partition coefficient (Wildman–Crippen LogP) is 4.44. The Kier molecular flexibility index (Phi) is 3.90. The monoisotopic (exact) mass is 297 g/mol. The Hall–Kier alpha value is -1.90. The Bertz CT molecular complexity index is 636. The van der Waals surface area contributed by atoms with Crippen LogP contribution in [0.15, 0.2) is 52.7 Å². The molecule has 1 N–H and O–H groups in total. The maximum Gasteiger partial charge on any atom is 0.304 e. The van der Waals surface area contributed by atoms with Crippen molar-refractivity contribution < 1.29 is 9.90 Å². The Morgan fingerprint density at radius 2 is 2.41 bits per heavy atom. The zero-order valence-electron chi connectivity index (χ0n) is 13.1. The van der Waals surface area contributed by atoms with E-state index in [0.717, 1.165) is 43.5 Å². The van der Waals surface area contributed by atoms with Gasteiger partial charge in [0.15, 0.2) is 0 Å². The molecule has 0 saturated heterocycles. The Labute approximate surface area is 131 Å². The number of aliphatic carboxylic acids is 1. The van der Waals surface area contributed by atoms with Crippen molar-refractivity contribution in [1.82, 2.24) is 0 Å². The molecule has 0 unspecified atom stereocenters. The molecule has 0 aromatic carbocycles. The first-order valence-corrected chi connectivity index (χ1v) is 8.14. The third-order valence-electron chi connectivity index (χ3n) is 5.33. The van der Waals surface area contributed by atoms with E-state index in [4.69, 9.17) is 4.99 Å². The Morgan fingerprint density at radius 3 is 3.09 bits per heavy atom. The van der Waals surface area contributed by atoms with Gasteiger partial charge in [-0.15, -0.1) is 6.58 Å². The van der Waals surface area contributed by atoms with Crippen LogP contribution in [-0.2, 0) is 4.79 Å². The van der Waals surface area contributed by atoms with Gasteiger partial charge in [0.25, 0.3) is 0 Å². The number of nitrogens with zero attached hydrogens (tertiary/aromatic N) is 1. The molecule has 116 valence electrons. The summed E-state index contributed by atoms with van der Waals surface area (Å²) in [7, 11) is 0. The van der Waals surface area contributed by atoms with Gasteiger partial charge in [-0.1, -0.05) is 25.2 Å². The molecule has 2 aliphatic carbocycles. The summed E-state index contributed by atoms with van der Waals surface area (Å²) in [5, 5.41) is 9.40. The summed E-state index contributed by atoms with van der Waals surface area (Å²) in [4.78, 5) is 16.3. The summed E-state index contributed by atoms with van der Waals surface area (Å²) in [5.74, 6) is -0.282. The number of fused-ring (bicyclic) bond motifs is 2. The lowest BCUT2D eigenvalue weighted by atomic mass is 9.62. The summed E-state index contributed by atoms with van der Waals surface area (Å²) < 4.78 is 0. The van der Waals surface area contributed by atoms with E-state index in [1.165, 1.54) is 11.1 Å². The molecule has 1 saturated carbocycles. The minimum Gasteiger partial charge on any atom is -0.481 e. The van der Waals surface area contributed by atoms with Crippen molar-refractivity contribution in [2.75, 3.05) is 0 Å². The van der Waals surface area contributed by atoms with Crippen LogP contribution in [0.25, 0.3) is 0 Å². The van der Waals surface area contributed by atoms with Crippen molar-refractivity contribution in [3.05, 3.63) is 47.7 Å². The third-order valence-corrected chi connectivity index (χ3v) is 5.33. The molecule has 3 aliphatic rings. The van der Waals surface area contributed by atoms with Crippen LogP contribution in [0.3, 0.4) is 0 Å².